The van der Waals surface area contributed by atoms with E-state index < -0.39 is 30.0 Å². The Morgan fingerprint density at radius 2 is 2.06 bits per heavy atom. The molecule has 6 nitrogen and oxygen atoms in total. The Bertz CT molecular complexity index is 329. The minimum Gasteiger partial charge on any atom is -0.465 e. The number of alkyl carbamates (subject to hydrolysis) is 1. The first-order chi connectivity index (χ1) is 8.19. The van der Waals surface area contributed by atoms with Gasteiger partial charge in [0, 0.05) is 13.1 Å². The molecule has 1 heterocycles. The summed E-state index contributed by atoms with van der Waals surface area (Å²) in [7, 11) is 0. The molecule has 2 N–H and O–H groups in total. The predicted octanol–water partition coefficient (Wildman–Crippen LogP) is 1.60. The van der Waals surface area contributed by atoms with E-state index in [-0.39, 0.29) is 19.5 Å². The zero-order chi connectivity index (χ0) is 13.9. The summed E-state index contributed by atoms with van der Waals surface area (Å²) in [4.78, 5) is 23.3. The highest BCUT2D eigenvalue weighted by Crippen LogP contribution is 2.15. The van der Waals surface area contributed by atoms with Crippen LogP contribution in [0.2, 0.25) is 0 Å². The fraction of sp³-hybridized carbons (Fsp3) is 0.818. The van der Waals surface area contributed by atoms with E-state index in [1.54, 1.807) is 20.8 Å². The van der Waals surface area contributed by atoms with Crippen molar-refractivity contribution in [2.24, 2.45) is 0 Å². The monoisotopic (exact) mass is 262 g/mol. The van der Waals surface area contributed by atoms with Gasteiger partial charge in [0.2, 0.25) is 0 Å². The van der Waals surface area contributed by atoms with Crippen LogP contribution in [0, 0.1) is 0 Å². The van der Waals surface area contributed by atoms with E-state index >= 15 is 0 Å². The van der Waals surface area contributed by atoms with E-state index in [4.69, 9.17) is 9.84 Å². The quantitative estimate of drug-likeness (QED) is 0.752. The molecule has 2 unspecified atom stereocenters. The minimum atomic E-state index is -1.26. The normalized spacial score (nSPS) is 24.6. The second-order valence-corrected chi connectivity index (χ2v) is 5.29. The Balaban J connectivity index is 2.53. The molecule has 2 atom stereocenters. The lowest BCUT2D eigenvalue weighted by Gasteiger charge is -2.34. The van der Waals surface area contributed by atoms with Crippen molar-refractivity contribution in [1.82, 2.24) is 10.2 Å². The molecule has 1 fully saturated rings. The Morgan fingerprint density at radius 1 is 1.44 bits per heavy atom. The molecule has 1 aliphatic rings. The molecule has 0 saturated carbocycles. The van der Waals surface area contributed by atoms with E-state index in [9.17, 15) is 14.0 Å². The van der Waals surface area contributed by atoms with Gasteiger partial charge in [0.05, 0.1) is 6.04 Å². The van der Waals surface area contributed by atoms with Gasteiger partial charge in [-0.1, -0.05) is 0 Å². The van der Waals surface area contributed by atoms with Crippen molar-refractivity contribution in [1.29, 1.82) is 0 Å². The largest absolute Gasteiger partial charge is 0.465 e. The van der Waals surface area contributed by atoms with Crippen LogP contribution in [0.4, 0.5) is 14.0 Å². The van der Waals surface area contributed by atoms with Gasteiger partial charge >= 0.3 is 12.2 Å². The van der Waals surface area contributed by atoms with Crippen LogP contribution in [-0.4, -0.2) is 53.1 Å². The first-order valence-electron chi connectivity index (χ1n) is 5.80. The molecular weight excluding hydrogens is 243 g/mol. The van der Waals surface area contributed by atoms with Gasteiger partial charge in [0.25, 0.3) is 0 Å². The topological polar surface area (TPSA) is 78.9 Å². The lowest BCUT2D eigenvalue weighted by molar-refractivity contribution is 0.0393. The van der Waals surface area contributed by atoms with Crippen LogP contribution in [0.1, 0.15) is 27.2 Å². The van der Waals surface area contributed by atoms with Crippen LogP contribution in [0.25, 0.3) is 0 Å². The molecule has 18 heavy (non-hydrogen) atoms. The van der Waals surface area contributed by atoms with E-state index in [1.165, 1.54) is 0 Å². The van der Waals surface area contributed by atoms with Gasteiger partial charge < -0.3 is 20.1 Å². The molecule has 1 saturated heterocycles. The van der Waals surface area contributed by atoms with Gasteiger partial charge in [-0.2, -0.15) is 0 Å². The number of alkyl halides is 1. The fourth-order valence-corrected chi connectivity index (χ4v) is 1.69. The molecule has 0 spiro atoms. The third-order valence-corrected chi connectivity index (χ3v) is 2.50. The van der Waals surface area contributed by atoms with Crippen molar-refractivity contribution < 1.29 is 23.8 Å². The summed E-state index contributed by atoms with van der Waals surface area (Å²) < 4.78 is 18.6. The number of nitrogens with one attached hydrogen (secondary N) is 1. The number of halogens is 1. The third-order valence-electron chi connectivity index (χ3n) is 2.50. The maximum Gasteiger partial charge on any atom is 0.408 e. The zero-order valence-corrected chi connectivity index (χ0v) is 10.8. The SMILES string of the molecule is CC(C)(C)OC(=O)NC1CN(C(=O)O)CCC1F. The van der Waals surface area contributed by atoms with E-state index in [2.05, 4.69) is 5.32 Å². The summed E-state index contributed by atoms with van der Waals surface area (Å²) in [5.74, 6) is 0. The Hall–Kier alpha value is -1.53. The molecule has 0 radical (unpaired) electrons. The first-order valence-corrected chi connectivity index (χ1v) is 5.80. The number of ether oxygens (including phenoxy) is 1. The summed E-state index contributed by atoms with van der Waals surface area (Å²) in [6, 6.07) is -0.857. The van der Waals surface area contributed by atoms with Crippen LogP contribution in [-0.2, 0) is 4.74 Å². The number of piperidine rings is 1. The standard InChI is InChI=1S/C11H19FN2O4/c1-11(2,3)18-9(15)13-8-6-14(10(16)17)5-4-7(8)12/h7-8H,4-6H2,1-3H3,(H,13,15)(H,16,17). The lowest BCUT2D eigenvalue weighted by Crippen LogP contribution is -2.55. The first kappa shape index (κ1) is 14.5. The summed E-state index contributed by atoms with van der Waals surface area (Å²) >= 11 is 0. The summed E-state index contributed by atoms with van der Waals surface area (Å²) in [6.45, 7) is 5.18. The molecule has 0 aliphatic carbocycles. The average Bonchev–Trinajstić information content (AvgIpc) is 2.18. The summed E-state index contributed by atoms with van der Waals surface area (Å²) in [5, 5.41) is 11.2. The summed E-state index contributed by atoms with van der Waals surface area (Å²) in [6.07, 6.45) is -3.03. The van der Waals surface area contributed by atoms with Gasteiger partial charge in [0.1, 0.15) is 11.8 Å². The van der Waals surface area contributed by atoms with Crippen LogP contribution in [0.5, 0.6) is 0 Å². The van der Waals surface area contributed by atoms with Gasteiger partial charge in [-0.15, -0.1) is 0 Å². The van der Waals surface area contributed by atoms with Crippen LogP contribution in [0.15, 0.2) is 0 Å². The Kier molecular flexibility index (Phi) is 4.37. The smallest absolute Gasteiger partial charge is 0.408 e. The molecular formula is C11H19FN2O4. The van der Waals surface area contributed by atoms with Crippen molar-refractivity contribution in [3.63, 3.8) is 0 Å². The maximum atomic E-state index is 13.6. The van der Waals surface area contributed by atoms with E-state index in [0.29, 0.717) is 0 Å². The van der Waals surface area contributed by atoms with Crippen molar-refractivity contribution in [3.8, 4) is 0 Å². The number of nitrogens with zero attached hydrogens (tertiary/aromatic N) is 1. The average molecular weight is 262 g/mol. The molecule has 0 aromatic carbocycles. The Morgan fingerprint density at radius 3 is 2.56 bits per heavy atom. The van der Waals surface area contributed by atoms with Gasteiger partial charge in [-0.3, -0.25) is 0 Å². The van der Waals surface area contributed by atoms with Crippen molar-refractivity contribution in [2.75, 3.05) is 13.1 Å². The number of carboxylic acid groups (broad SMARTS) is 1. The molecule has 0 aromatic heterocycles. The number of likely N-dealkylation sites (tertiary alicyclic amines) is 1. The van der Waals surface area contributed by atoms with Crippen molar-refractivity contribution in [3.05, 3.63) is 0 Å². The summed E-state index contributed by atoms with van der Waals surface area (Å²) in [5.41, 5.74) is -0.670. The lowest BCUT2D eigenvalue weighted by atomic mass is 10.0. The van der Waals surface area contributed by atoms with Gasteiger partial charge in [0.15, 0.2) is 0 Å². The predicted molar refractivity (Wildman–Crippen MR) is 62.3 cm³/mol. The van der Waals surface area contributed by atoms with Crippen LogP contribution in [0.3, 0.4) is 0 Å². The maximum absolute atomic E-state index is 13.6. The zero-order valence-electron chi connectivity index (χ0n) is 10.8. The highest BCUT2D eigenvalue weighted by molar-refractivity contribution is 5.69. The van der Waals surface area contributed by atoms with E-state index in [0.717, 1.165) is 4.90 Å². The number of hydrogen-bond acceptors (Lipinski definition) is 3. The number of rotatable bonds is 1. The molecule has 0 aromatic rings. The molecule has 1 rings (SSSR count). The van der Waals surface area contributed by atoms with Gasteiger partial charge in [-0.05, 0) is 27.2 Å². The molecule has 104 valence electrons. The van der Waals surface area contributed by atoms with Crippen molar-refractivity contribution in [2.45, 2.75) is 45.0 Å². The second-order valence-electron chi connectivity index (χ2n) is 5.29. The molecule has 2 amide bonds. The minimum absolute atomic E-state index is 0.0598. The third kappa shape index (κ3) is 4.38. The molecule has 7 heteroatoms. The van der Waals surface area contributed by atoms with E-state index in [1.807, 2.05) is 0 Å². The highest BCUT2D eigenvalue weighted by atomic mass is 19.1. The highest BCUT2D eigenvalue weighted by Gasteiger charge is 2.33. The Labute approximate surface area is 105 Å². The molecule has 0 bridgehead atoms. The fourth-order valence-electron chi connectivity index (χ4n) is 1.69. The number of carbonyl (C=O) groups excluding carboxylic acids is 1. The van der Waals surface area contributed by atoms with Crippen LogP contribution < -0.4 is 5.32 Å². The number of hydrogen-bond donors (Lipinski definition) is 2. The number of amides is 2. The number of carbonyl (C=O) groups is 2. The second kappa shape index (κ2) is 5.41. The molecule has 1 aliphatic heterocycles. The van der Waals surface area contributed by atoms with Crippen molar-refractivity contribution >= 4 is 12.2 Å². The van der Waals surface area contributed by atoms with Crippen LogP contribution >= 0.6 is 0 Å². The van der Waals surface area contributed by atoms with Gasteiger partial charge in [-0.25, -0.2) is 14.0 Å².